The van der Waals surface area contributed by atoms with Crippen molar-refractivity contribution in [3.05, 3.63) is 24.4 Å². The predicted molar refractivity (Wildman–Crippen MR) is 85.4 cm³/mol. The molecule has 0 spiro atoms. The number of esters is 2. The lowest BCUT2D eigenvalue weighted by Gasteiger charge is -2.24. The Morgan fingerprint density at radius 2 is 1.71 bits per heavy atom. The van der Waals surface area contributed by atoms with E-state index in [0.29, 0.717) is 0 Å². The fraction of sp³-hybridized carbons (Fsp3) is 0.467. The van der Waals surface area contributed by atoms with Crippen LogP contribution >= 0.6 is 0 Å². The van der Waals surface area contributed by atoms with Crippen LogP contribution in [0.1, 0.15) is 20.8 Å². The molecule has 24 heavy (non-hydrogen) atoms. The minimum atomic E-state index is -3.09. The van der Waals surface area contributed by atoms with Crippen molar-refractivity contribution in [1.82, 2.24) is 4.98 Å². The molecule has 0 fully saturated rings. The maximum Gasteiger partial charge on any atom is 0.302 e. The van der Waals surface area contributed by atoms with Crippen molar-refractivity contribution in [2.24, 2.45) is 9.78 Å². The Morgan fingerprint density at radius 1 is 1.17 bits per heavy atom. The summed E-state index contributed by atoms with van der Waals surface area (Å²) in [4.78, 5) is 38.5. The Morgan fingerprint density at radius 3 is 2.12 bits per heavy atom. The van der Waals surface area contributed by atoms with Crippen LogP contribution in [0.5, 0.6) is 0 Å². The van der Waals surface area contributed by atoms with Gasteiger partial charge in [-0.2, -0.15) is 4.36 Å². The largest absolute Gasteiger partial charge is 0.465 e. The third kappa shape index (κ3) is 5.73. The first kappa shape index (κ1) is 19.8. The fourth-order valence-corrected chi connectivity index (χ4v) is 2.79. The van der Waals surface area contributed by atoms with Crippen molar-refractivity contribution in [3.8, 4) is 0 Å². The van der Waals surface area contributed by atoms with Crippen LogP contribution in [0.2, 0.25) is 0 Å². The van der Waals surface area contributed by atoms with Gasteiger partial charge in [0.2, 0.25) is 0 Å². The zero-order valence-corrected chi connectivity index (χ0v) is 14.8. The molecule has 1 aromatic heterocycles. The lowest BCUT2D eigenvalue weighted by atomic mass is 9.92. The molecule has 0 aromatic carbocycles. The summed E-state index contributed by atoms with van der Waals surface area (Å²) in [5.41, 5.74) is -1.44. The molecule has 0 aliphatic heterocycles. The first-order valence-corrected chi connectivity index (χ1v) is 8.93. The van der Waals surface area contributed by atoms with E-state index >= 15 is 0 Å². The molecule has 8 nitrogen and oxygen atoms in total. The van der Waals surface area contributed by atoms with E-state index in [1.165, 1.54) is 39.3 Å². The summed E-state index contributed by atoms with van der Waals surface area (Å²) in [6, 6.07) is 4.77. The van der Waals surface area contributed by atoms with Crippen molar-refractivity contribution < 1.29 is 28.1 Å². The van der Waals surface area contributed by atoms with Crippen molar-refractivity contribution in [2.75, 3.05) is 19.5 Å². The molecule has 1 heterocycles. The first-order valence-electron chi connectivity index (χ1n) is 7.01. The van der Waals surface area contributed by atoms with E-state index in [2.05, 4.69) is 9.35 Å². The molecule has 0 aliphatic carbocycles. The Balaban J connectivity index is 3.14. The van der Waals surface area contributed by atoms with Crippen molar-refractivity contribution in [1.29, 1.82) is 0 Å². The molecule has 9 heteroatoms. The standard InChI is InChI=1S/C15H20N2O6S/c1-11(18)22-9-15(3,10-23-12(2)19)14(20)17-24(4,21)13-7-5-6-8-16-13/h5-8H,9-10H2,1-4H3. The van der Waals surface area contributed by atoms with Crippen LogP contribution in [-0.4, -0.2) is 46.5 Å². The van der Waals surface area contributed by atoms with Crippen LogP contribution in [0.4, 0.5) is 0 Å². The molecule has 132 valence electrons. The monoisotopic (exact) mass is 356 g/mol. The highest BCUT2D eigenvalue weighted by Gasteiger charge is 2.37. The van der Waals surface area contributed by atoms with Gasteiger partial charge in [-0.05, 0) is 19.1 Å². The van der Waals surface area contributed by atoms with Crippen LogP contribution < -0.4 is 0 Å². The second-order valence-corrected chi connectivity index (χ2v) is 7.69. The lowest BCUT2D eigenvalue weighted by Crippen LogP contribution is -2.38. The lowest BCUT2D eigenvalue weighted by molar-refractivity contribution is -0.154. The number of carbonyl (C=O) groups excluding carboxylic acids is 3. The Kier molecular flexibility index (Phi) is 6.59. The molecule has 0 saturated heterocycles. The molecule has 0 aliphatic rings. The summed E-state index contributed by atoms with van der Waals surface area (Å²) in [5.74, 6) is -2.00. The molecule has 0 N–H and O–H groups in total. The molecule has 0 bridgehead atoms. The second kappa shape index (κ2) is 8.00. The fourth-order valence-electron chi connectivity index (χ4n) is 1.57. The third-order valence-corrected chi connectivity index (χ3v) is 4.52. The van der Waals surface area contributed by atoms with Gasteiger partial charge in [-0.25, -0.2) is 9.19 Å². The minimum absolute atomic E-state index is 0.153. The van der Waals surface area contributed by atoms with Gasteiger partial charge in [0.25, 0.3) is 5.91 Å². The normalized spacial score (nSPS) is 13.5. The smallest absolute Gasteiger partial charge is 0.302 e. The second-order valence-electron chi connectivity index (χ2n) is 5.49. The molecular weight excluding hydrogens is 336 g/mol. The van der Waals surface area contributed by atoms with E-state index in [4.69, 9.17) is 9.47 Å². The molecular formula is C15H20N2O6S. The van der Waals surface area contributed by atoms with Gasteiger partial charge in [0, 0.05) is 26.3 Å². The molecule has 1 amide bonds. The van der Waals surface area contributed by atoms with Crippen LogP contribution in [-0.2, 0) is 33.6 Å². The van der Waals surface area contributed by atoms with E-state index in [1.54, 1.807) is 12.1 Å². The summed E-state index contributed by atoms with van der Waals surface area (Å²) in [7, 11) is -3.09. The van der Waals surface area contributed by atoms with E-state index in [9.17, 15) is 18.6 Å². The summed E-state index contributed by atoms with van der Waals surface area (Å²) < 4.78 is 26.1. The highest BCUT2D eigenvalue weighted by Crippen LogP contribution is 2.22. The van der Waals surface area contributed by atoms with Gasteiger partial charge in [-0.3, -0.25) is 14.4 Å². The van der Waals surface area contributed by atoms with Gasteiger partial charge in [0.1, 0.15) is 23.7 Å². The van der Waals surface area contributed by atoms with Gasteiger partial charge < -0.3 is 9.47 Å². The van der Waals surface area contributed by atoms with Gasteiger partial charge in [-0.1, -0.05) is 6.07 Å². The van der Waals surface area contributed by atoms with Crippen LogP contribution in [0, 0.1) is 5.41 Å². The van der Waals surface area contributed by atoms with Gasteiger partial charge in [0.15, 0.2) is 0 Å². The van der Waals surface area contributed by atoms with Crippen molar-refractivity contribution in [2.45, 2.75) is 25.8 Å². The summed E-state index contributed by atoms with van der Waals surface area (Å²) >= 11 is 0. The maximum atomic E-state index is 12.7. The SMILES string of the molecule is CC(=O)OCC(C)(COC(C)=O)C(=O)N=S(C)(=O)c1ccccn1. The molecule has 1 atom stereocenters. The zero-order chi connectivity index (χ0) is 18.4. The summed E-state index contributed by atoms with van der Waals surface area (Å²) in [6.45, 7) is 3.08. The number of amides is 1. The molecule has 1 unspecified atom stereocenters. The van der Waals surface area contributed by atoms with E-state index in [-0.39, 0.29) is 18.2 Å². The maximum absolute atomic E-state index is 12.7. The zero-order valence-electron chi connectivity index (χ0n) is 14.0. The molecule has 1 aromatic rings. The van der Waals surface area contributed by atoms with Crippen LogP contribution in [0.25, 0.3) is 0 Å². The highest BCUT2D eigenvalue weighted by atomic mass is 32.2. The van der Waals surface area contributed by atoms with Crippen LogP contribution in [0.15, 0.2) is 33.8 Å². The number of pyridine rings is 1. The number of hydrogen-bond acceptors (Lipinski definition) is 7. The quantitative estimate of drug-likeness (QED) is 0.704. The molecule has 0 saturated carbocycles. The summed E-state index contributed by atoms with van der Waals surface area (Å²) in [6.07, 6.45) is 2.72. The number of carbonyl (C=O) groups is 3. The predicted octanol–water partition coefficient (Wildman–Crippen LogP) is 1.20. The first-order chi connectivity index (χ1) is 11.1. The molecule has 0 radical (unpaired) electrons. The van der Waals surface area contributed by atoms with E-state index < -0.39 is 33.0 Å². The highest BCUT2D eigenvalue weighted by molar-refractivity contribution is 7.93. The number of hydrogen-bond donors (Lipinski definition) is 0. The van der Waals surface area contributed by atoms with Gasteiger partial charge in [-0.15, -0.1) is 0 Å². The van der Waals surface area contributed by atoms with Gasteiger partial charge in [0.05, 0.1) is 9.73 Å². The number of nitrogens with zero attached hydrogens (tertiary/aromatic N) is 2. The van der Waals surface area contributed by atoms with E-state index in [1.807, 2.05) is 0 Å². The topological polar surface area (TPSA) is 112 Å². The molecule has 1 rings (SSSR count). The summed E-state index contributed by atoms with van der Waals surface area (Å²) in [5, 5.41) is 0.153. The Hall–Kier alpha value is -2.29. The third-order valence-electron chi connectivity index (χ3n) is 2.99. The van der Waals surface area contributed by atoms with E-state index in [0.717, 1.165) is 0 Å². The number of ether oxygens (including phenoxy) is 2. The Bertz CT molecular complexity index is 720. The van der Waals surface area contributed by atoms with Crippen molar-refractivity contribution in [3.63, 3.8) is 0 Å². The number of rotatable bonds is 6. The van der Waals surface area contributed by atoms with Crippen LogP contribution in [0.3, 0.4) is 0 Å². The average Bonchev–Trinajstić information content (AvgIpc) is 2.51. The number of aromatic nitrogens is 1. The average molecular weight is 356 g/mol. The Labute approximate surface area is 140 Å². The minimum Gasteiger partial charge on any atom is -0.465 e. The van der Waals surface area contributed by atoms with Gasteiger partial charge >= 0.3 is 11.9 Å². The van der Waals surface area contributed by atoms with Crippen molar-refractivity contribution >= 4 is 27.6 Å².